The van der Waals surface area contributed by atoms with Gasteiger partial charge in [-0.15, -0.1) is 0 Å². The van der Waals surface area contributed by atoms with Gasteiger partial charge in [0.15, 0.2) is 0 Å². The number of rotatable bonds is 7. The first-order valence-corrected chi connectivity index (χ1v) is 9.66. The van der Waals surface area contributed by atoms with Crippen molar-refractivity contribution in [2.75, 3.05) is 6.54 Å². The van der Waals surface area contributed by atoms with Crippen LogP contribution in [0.5, 0.6) is 0 Å². The van der Waals surface area contributed by atoms with Gasteiger partial charge in [-0.2, -0.15) is 0 Å². The van der Waals surface area contributed by atoms with E-state index in [0.717, 1.165) is 28.3 Å². The van der Waals surface area contributed by atoms with Crippen molar-refractivity contribution in [3.05, 3.63) is 83.4 Å². The van der Waals surface area contributed by atoms with Crippen molar-refractivity contribution in [2.45, 2.75) is 32.7 Å². The molecule has 0 saturated carbocycles. The Labute approximate surface area is 166 Å². The maximum Gasteiger partial charge on any atom is 0.239 e. The van der Waals surface area contributed by atoms with Gasteiger partial charge in [0, 0.05) is 0 Å². The summed E-state index contributed by atoms with van der Waals surface area (Å²) in [6.07, 6.45) is 1.04. The Kier molecular flexibility index (Phi) is 6.43. The van der Waals surface area contributed by atoms with Gasteiger partial charge in [0.05, 0.1) is 19.0 Å². The molecule has 0 fully saturated rings. The summed E-state index contributed by atoms with van der Waals surface area (Å²) in [4.78, 5) is 24.6. The van der Waals surface area contributed by atoms with Crippen molar-refractivity contribution in [3.8, 4) is 0 Å². The van der Waals surface area contributed by atoms with E-state index in [9.17, 15) is 9.59 Å². The van der Waals surface area contributed by atoms with Gasteiger partial charge in [0.25, 0.3) is 0 Å². The Bertz CT molecular complexity index is 959. The number of fused-ring (bicyclic) bond motifs is 1. The van der Waals surface area contributed by atoms with Crippen LogP contribution in [-0.2, 0) is 16.0 Å². The van der Waals surface area contributed by atoms with Crippen LogP contribution in [0.3, 0.4) is 0 Å². The number of carbonyl (C=O) groups is 2. The molecule has 1 atom stereocenters. The molecule has 144 valence electrons. The summed E-state index contributed by atoms with van der Waals surface area (Å²) >= 11 is 0. The van der Waals surface area contributed by atoms with Crippen LogP contribution in [0.15, 0.2) is 66.7 Å². The largest absolute Gasteiger partial charge is 0.348 e. The van der Waals surface area contributed by atoms with E-state index in [1.807, 2.05) is 80.6 Å². The summed E-state index contributed by atoms with van der Waals surface area (Å²) in [5.41, 5.74) is 3.22. The molecule has 0 saturated heterocycles. The molecule has 3 aromatic carbocycles. The molecule has 2 N–H and O–H groups in total. The van der Waals surface area contributed by atoms with Crippen LogP contribution in [-0.4, -0.2) is 18.4 Å². The Morgan fingerprint density at radius 2 is 1.61 bits per heavy atom. The van der Waals surface area contributed by atoms with Crippen molar-refractivity contribution in [1.82, 2.24) is 10.6 Å². The average Bonchev–Trinajstić information content (AvgIpc) is 2.71. The van der Waals surface area contributed by atoms with E-state index in [-0.39, 0.29) is 30.8 Å². The quantitative estimate of drug-likeness (QED) is 0.655. The summed E-state index contributed by atoms with van der Waals surface area (Å²) < 4.78 is 0. The number of hydrogen-bond donors (Lipinski definition) is 2. The predicted octanol–water partition coefficient (Wildman–Crippen LogP) is 4.07. The molecule has 28 heavy (non-hydrogen) atoms. The second kappa shape index (κ2) is 9.18. The van der Waals surface area contributed by atoms with E-state index < -0.39 is 0 Å². The van der Waals surface area contributed by atoms with Crippen molar-refractivity contribution < 1.29 is 9.59 Å². The normalized spacial score (nSPS) is 11.8. The highest BCUT2D eigenvalue weighted by molar-refractivity contribution is 5.91. The second-order valence-corrected chi connectivity index (χ2v) is 7.03. The molecule has 1 unspecified atom stereocenters. The number of amides is 2. The molecule has 2 amide bonds. The van der Waals surface area contributed by atoms with Gasteiger partial charge in [-0.25, -0.2) is 0 Å². The van der Waals surface area contributed by atoms with Gasteiger partial charge >= 0.3 is 0 Å². The highest BCUT2D eigenvalue weighted by Crippen LogP contribution is 2.19. The van der Waals surface area contributed by atoms with Crippen LogP contribution in [0.1, 0.15) is 36.1 Å². The molecule has 0 spiro atoms. The Hall–Kier alpha value is -3.14. The van der Waals surface area contributed by atoms with E-state index in [1.165, 1.54) is 5.56 Å². The molecule has 0 heterocycles. The summed E-state index contributed by atoms with van der Waals surface area (Å²) in [5, 5.41) is 7.90. The third-order valence-corrected chi connectivity index (χ3v) is 4.90. The molecule has 0 aliphatic rings. The molecule has 0 aliphatic carbocycles. The van der Waals surface area contributed by atoms with Crippen LogP contribution in [0.25, 0.3) is 10.8 Å². The lowest BCUT2D eigenvalue weighted by molar-refractivity contribution is -0.126. The molecule has 3 aromatic rings. The SMILES string of the molecule is CCC(NC(=O)CNC(=O)Cc1cccc2ccccc12)c1ccc(C)cc1. The van der Waals surface area contributed by atoms with Crippen molar-refractivity contribution in [1.29, 1.82) is 0 Å². The zero-order chi connectivity index (χ0) is 19.9. The first-order valence-electron chi connectivity index (χ1n) is 9.66. The van der Waals surface area contributed by atoms with Crippen LogP contribution in [0.2, 0.25) is 0 Å². The Morgan fingerprint density at radius 3 is 2.36 bits per heavy atom. The number of benzene rings is 3. The lowest BCUT2D eigenvalue weighted by atomic mass is 10.0. The number of aryl methyl sites for hydroxylation is 1. The predicted molar refractivity (Wildman–Crippen MR) is 113 cm³/mol. The van der Waals surface area contributed by atoms with Crippen LogP contribution in [0.4, 0.5) is 0 Å². The third-order valence-electron chi connectivity index (χ3n) is 4.90. The Balaban J connectivity index is 1.55. The molecule has 0 aliphatic heterocycles. The standard InChI is InChI=1S/C24H26N2O2/c1-3-22(19-13-11-17(2)12-14-19)26-24(28)16-25-23(27)15-20-9-6-8-18-7-4-5-10-21(18)20/h4-14,22H,3,15-16H2,1-2H3,(H,25,27)(H,26,28). The van der Waals surface area contributed by atoms with Crippen molar-refractivity contribution >= 4 is 22.6 Å². The lowest BCUT2D eigenvalue weighted by Crippen LogP contribution is -2.39. The summed E-state index contributed by atoms with van der Waals surface area (Å²) in [7, 11) is 0. The molecular formula is C24H26N2O2. The maximum atomic E-state index is 12.3. The van der Waals surface area contributed by atoms with Crippen molar-refractivity contribution in [2.24, 2.45) is 0 Å². The molecule has 0 bridgehead atoms. The lowest BCUT2D eigenvalue weighted by Gasteiger charge is -2.18. The zero-order valence-electron chi connectivity index (χ0n) is 16.4. The summed E-state index contributed by atoms with van der Waals surface area (Å²) in [5.74, 6) is -0.339. The highest BCUT2D eigenvalue weighted by atomic mass is 16.2. The second-order valence-electron chi connectivity index (χ2n) is 7.03. The van der Waals surface area contributed by atoms with Crippen LogP contribution >= 0.6 is 0 Å². The molecule has 0 radical (unpaired) electrons. The summed E-state index contributed by atoms with van der Waals surface area (Å²) in [6.45, 7) is 4.05. The maximum absolute atomic E-state index is 12.3. The zero-order valence-corrected chi connectivity index (χ0v) is 16.4. The number of nitrogens with one attached hydrogen (secondary N) is 2. The fourth-order valence-electron chi connectivity index (χ4n) is 3.33. The minimum atomic E-state index is -0.182. The molecule has 4 nitrogen and oxygen atoms in total. The monoisotopic (exact) mass is 374 g/mol. The highest BCUT2D eigenvalue weighted by Gasteiger charge is 2.14. The van der Waals surface area contributed by atoms with Gasteiger partial charge < -0.3 is 10.6 Å². The van der Waals surface area contributed by atoms with E-state index in [4.69, 9.17) is 0 Å². The summed E-state index contributed by atoms with van der Waals surface area (Å²) in [6, 6.07) is 22.0. The first-order chi connectivity index (χ1) is 13.6. The molecule has 3 rings (SSSR count). The third kappa shape index (κ3) is 4.97. The Morgan fingerprint density at radius 1 is 0.893 bits per heavy atom. The van der Waals surface area contributed by atoms with Gasteiger partial charge in [-0.05, 0) is 35.2 Å². The van der Waals surface area contributed by atoms with E-state index in [2.05, 4.69) is 10.6 Å². The topological polar surface area (TPSA) is 58.2 Å². The fraction of sp³-hybridized carbons (Fsp3) is 0.250. The average molecular weight is 374 g/mol. The molecular weight excluding hydrogens is 348 g/mol. The molecule has 4 heteroatoms. The number of carbonyl (C=O) groups excluding carboxylic acids is 2. The van der Waals surface area contributed by atoms with E-state index >= 15 is 0 Å². The van der Waals surface area contributed by atoms with Gasteiger partial charge in [0.2, 0.25) is 11.8 Å². The van der Waals surface area contributed by atoms with Crippen molar-refractivity contribution in [3.63, 3.8) is 0 Å². The smallest absolute Gasteiger partial charge is 0.239 e. The van der Waals surface area contributed by atoms with Gasteiger partial charge in [-0.1, -0.05) is 79.2 Å². The minimum Gasteiger partial charge on any atom is -0.348 e. The minimum absolute atomic E-state index is 0.0219. The number of hydrogen-bond acceptors (Lipinski definition) is 2. The van der Waals surface area contributed by atoms with E-state index in [1.54, 1.807) is 0 Å². The fourth-order valence-corrected chi connectivity index (χ4v) is 3.33. The van der Waals surface area contributed by atoms with Gasteiger partial charge in [0.1, 0.15) is 0 Å². The van der Waals surface area contributed by atoms with Crippen LogP contribution < -0.4 is 10.6 Å². The van der Waals surface area contributed by atoms with Gasteiger partial charge in [-0.3, -0.25) is 9.59 Å². The van der Waals surface area contributed by atoms with Crippen LogP contribution in [0, 0.1) is 6.92 Å². The molecule has 0 aromatic heterocycles. The van der Waals surface area contributed by atoms with E-state index in [0.29, 0.717) is 0 Å². The first kappa shape index (κ1) is 19.6.